The van der Waals surface area contributed by atoms with Crippen LogP contribution in [0, 0.1) is 13.8 Å². The van der Waals surface area contributed by atoms with Crippen LogP contribution in [0.2, 0.25) is 0 Å². The zero-order valence-corrected chi connectivity index (χ0v) is 19.7. The molecule has 3 aromatic heterocycles. The van der Waals surface area contributed by atoms with E-state index in [1.165, 1.54) is 5.56 Å². The molecule has 0 aliphatic carbocycles. The third-order valence-electron chi connectivity index (χ3n) is 5.84. The first kappa shape index (κ1) is 20.7. The molecule has 4 heterocycles. The second-order valence-electron chi connectivity index (χ2n) is 7.65. The largest absolute Gasteiger partial charge is 0.495 e. The molecule has 1 fully saturated rings. The minimum absolute atomic E-state index is 0.103. The number of rotatable bonds is 5. The van der Waals surface area contributed by atoms with Crippen LogP contribution in [0.5, 0.6) is 5.75 Å². The van der Waals surface area contributed by atoms with E-state index in [0.29, 0.717) is 5.11 Å². The molecule has 1 aromatic carbocycles. The zero-order chi connectivity index (χ0) is 22.2. The molecular formula is C24H23N5OS2. The summed E-state index contributed by atoms with van der Waals surface area (Å²) in [5.41, 5.74) is 5.30. The number of thiocarbonyl (C=S) groups is 1. The summed E-state index contributed by atoms with van der Waals surface area (Å²) in [4.78, 5) is 11.3. The maximum atomic E-state index is 5.86. The van der Waals surface area contributed by atoms with Crippen molar-refractivity contribution in [3.63, 3.8) is 0 Å². The maximum Gasteiger partial charge on any atom is 0.193 e. The van der Waals surface area contributed by atoms with Crippen LogP contribution >= 0.6 is 23.6 Å². The van der Waals surface area contributed by atoms with E-state index in [1.54, 1.807) is 18.4 Å². The minimum atomic E-state index is -0.112. The lowest BCUT2D eigenvalue weighted by molar-refractivity contribution is 0.414. The molecule has 4 aromatic rings. The second-order valence-corrected chi connectivity index (χ2v) is 8.90. The highest BCUT2D eigenvalue weighted by molar-refractivity contribution is 7.80. The van der Waals surface area contributed by atoms with Crippen LogP contribution in [0.1, 0.15) is 34.7 Å². The Kier molecular flexibility index (Phi) is 5.40. The van der Waals surface area contributed by atoms with E-state index in [-0.39, 0.29) is 12.1 Å². The summed E-state index contributed by atoms with van der Waals surface area (Å²) in [5, 5.41) is 7.13. The van der Waals surface area contributed by atoms with E-state index in [4.69, 9.17) is 17.0 Å². The Bertz CT molecular complexity index is 1250. The summed E-state index contributed by atoms with van der Waals surface area (Å²) in [6, 6.07) is 16.0. The molecule has 1 saturated heterocycles. The standard InChI is InChI=1S/C24H23N5OS2/c1-15-14-17(16(2)28(15)24-26-12-13-32-24)22-21(18-8-6-7-11-25-18)27-23(31)29(22)19-9-4-5-10-20(19)30-3/h4-14,21-22H,1-3H3,(H,27,31)/t21-,22+/m1/s1. The fourth-order valence-corrected chi connectivity index (χ4v) is 5.56. The lowest BCUT2D eigenvalue weighted by Crippen LogP contribution is -2.30. The molecule has 0 spiro atoms. The second kappa shape index (κ2) is 8.37. The van der Waals surface area contributed by atoms with Crippen molar-refractivity contribution in [1.82, 2.24) is 19.9 Å². The normalized spacial score (nSPS) is 18.1. The van der Waals surface area contributed by atoms with Crippen LogP contribution in [0.4, 0.5) is 5.69 Å². The molecular weight excluding hydrogens is 438 g/mol. The highest BCUT2D eigenvalue weighted by Gasteiger charge is 2.43. The Morgan fingerprint density at radius 3 is 2.59 bits per heavy atom. The molecule has 32 heavy (non-hydrogen) atoms. The Morgan fingerprint density at radius 2 is 1.88 bits per heavy atom. The fourth-order valence-electron chi connectivity index (χ4n) is 4.47. The third kappa shape index (κ3) is 3.36. The van der Waals surface area contributed by atoms with Crippen LogP contribution in [0.15, 0.2) is 66.3 Å². The first-order valence-electron chi connectivity index (χ1n) is 10.3. The van der Waals surface area contributed by atoms with Gasteiger partial charge in [-0.2, -0.15) is 0 Å². The van der Waals surface area contributed by atoms with Crippen LogP contribution in [0.3, 0.4) is 0 Å². The van der Waals surface area contributed by atoms with E-state index in [2.05, 4.69) is 44.7 Å². The number of para-hydroxylation sites is 2. The lowest BCUT2D eigenvalue weighted by Gasteiger charge is -2.29. The summed E-state index contributed by atoms with van der Waals surface area (Å²) < 4.78 is 7.90. The number of aromatic nitrogens is 3. The molecule has 0 radical (unpaired) electrons. The van der Waals surface area contributed by atoms with Gasteiger partial charge in [-0.1, -0.05) is 18.2 Å². The van der Waals surface area contributed by atoms with Crippen LogP contribution in [-0.2, 0) is 0 Å². The van der Waals surface area contributed by atoms with Crippen molar-refractivity contribution in [2.75, 3.05) is 12.0 Å². The number of pyridine rings is 1. The number of ether oxygens (including phenoxy) is 1. The van der Waals surface area contributed by atoms with Crippen LogP contribution < -0.4 is 15.0 Å². The number of anilines is 1. The molecule has 6 nitrogen and oxygen atoms in total. The summed E-state index contributed by atoms with van der Waals surface area (Å²) in [7, 11) is 1.69. The zero-order valence-electron chi connectivity index (χ0n) is 18.0. The predicted octanol–water partition coefficient (Wildman–Crippen LogP) is 5.13. The highest BCUT2D eigenvalue weighted by atomic mass is 32.1. The van der Waals surface area contributed by atoms with E-state index in [0.717, 1.165) is 33.7 Å². The fraction of sp³-hybridized carbons (Fsp3) is 0.208. The monoisotopic (exact) mass is 461 g/mol. The number of benzene rings is 1. The Morgan fingerprint density at radius 1 is 1.06 bits per heavy atom. The highest BCUT2D eigenvalue weighted by Crippen LogP contribution is 2.46. The molecule has 5 rings (SSSR count). The molecule has 8 heteroatoms. The van der Waals surface area contributed by atoms with Gasteiger partial charge in [-0.3, -0.25) is 9.55 Å². The van der Waals surface area contributed by atoms with E-state index < -0.39 is 0 Å². The molecule has 1 N–H and O–H groups in total. The van der Waals surface area contributed by atoms with Gasteiger partial charge in [-0.15, -0.1) is 11.3 Å². The molecule has 2 atom stereocenters. The van der Waals surface area contributed by atoms with Gasteiger partial charge < -0.3 is 15.0 Å². The summed E-state index contributed by atoms with van der Waals surface area (Å²) >= 11 is 7.49. The van der Waals surface area contributed by atoms with Crippen molar-refractivity contribution in [3.05, 3.63) is 88.9 Å². The smallest absolute Gasteiger partial charge is 0.193 e. The van der Waals surface area contributed by atoms with Gasteiger partial charge in [0, 0.05) is 29.2 Å². The van der Waals surface area contributed by atoms with Gasteiger partial charge in [-0.05, 0) is 62.0 Å². The molecule has 0 unspecified atom stereocenters. The third-order valence-corrected chi connectivity index (χ3v) is 6.91. The van der Waals surface area contributed by atoms with Crippen LogP contribution in [0.25, 0.3) is 5.13 Å². The molecule has 0 saturated carbocycles. The number of methoxy groups -OCH3 is 1. The maximum absolute atomic E-state index is 5.86. The van der Waals surface area contributed by atoms with E-state index >= 15 is 0 Å². The molecule has 0 bridgehead atoms. The summed E-state index contributed by atoms with van der Waals surface area (Å²) in [5.74, 6) is 0.775. The Labute approximate surface area is 196 Å². The topological polar surface area (TPSA) is 55.2 Å². The van der Waals surface area contributed by atoms with Crippen molar-refractivity contribution < 1.29 is 4.74 Å². The molecule has 0 amide bonds. The average molecular weight is 462 g/mol. The predicted molar refractivity (Wildman–Crippen MR) is 132 cm³/mol. The first-order chi connectivity index (χ1) is 15.6. The van der Waals surface area contributed by atoms with Gasteiger partial charge in [0.15, 0.2) is 10.2 Å². The Balaban J connectivity index is 1.71. The average Bonchev–Trinajstić information content (AvgIpc) is 3.52. The van der Waals surface area contributed by atoms with Crippen molar-refractivity contribution in [1.29, 1.82) is 0 Å². The van der Waals surface area contributed by atoms with E-state index in [9.17, 15) is 0 Å². The number of aryl methyl sites for hydroxylation is 1. The van der Waals surface area contributed by atoms with E-state index in [1.807, 2.05) is 60.2 Å². The number of nitrogens with zero attached hydrogens (tertiary/aromatic N) is 4. The van der Waals surface area contributed by atoms with Crippen molar-refractivity contribution in [2.45, 2.75) is 25.9 Å². The van der Waals surface area contributed by atoms with Crippen molar-refractivity contribution >= 4 is 34.4 Å². The van der Waals surface area contributed by atoms with Gasteiger partial charge in [0.2, 0.25) is 0 Å². The number of thiazole rings is 1. The quantitative estimate of drug-likeness (QED) is 0.416. The first-order valence-corrected chi connectivity index (χ1v) is 11.6. The number of hydrogen-bond donors (Lipinski definition) is 1. The summed E-state index contributed by atoms with van der Waals surface area (Å²) in [6.45, 7) is 4.25. The van der Waals surface area contributed by atoms with Crippen molar-refractivity contribution in [2.24, 2.45) is 0 Å². The summed E-state index contributed by atoms with van der Waals surface area (Å²) in [6.07, 6.45) is 3.66. The van der Waals surface area contributed by atoms with Gasteiger partial charge in [0.25, 0.3) is 0 Å². The van der Waals surface area contributed by atoms with Gasteiger partial charge in [-0.25, -0.2) is 4.98 Å². The van der Waals surface area contributed by atoms with Crippen LogP contribution in [-0.4, -0.2) is 26.8 Å². The van der Waals surface area contributed by atoms with Gasteiger partial charge in [0.05, 0.1) is 30.6 Å². The SMILES string of the molecule is COc1ccccc1N1C(=S)N[C@H](c2ccccn2)[C@@H]1c1cc(C)n(-c2nccs2)c1C. The molecule has 162 valence electrons. The number of hydrogen-bond acceptors (Lipinski definition) is 5. The lowest BCUT2D eigenvalue weighted by atomic mass is 9.96. The number of nitrogens with one attached hydrogen (secondary N) is 1. The van der Waals surface area contributed by atoms with Crippen molar-refractivity contribution in [3.8, 4) is 10.9 Å². The molecule has 1 aliphatic heterocycles. The Hall–Kier alpha value is -3.23. The minimum Gasteiger partial charge on any atom is -0.495 e. The van der Waals surface area contributed by atoms with Gasteiger partial charge in [0.1, 0.15) is 5.75 Å². The van der Waals surface area contributed by atoms with Gasteiger partial charge >= 0.3 is 0 Å². The molecule has 1 aliphatic rings.